The zero-order chi connectivity index (χ0) is 15.8. The lowest BCUT2D eigenvalue weighted by Crippen LogP contribution is -2.28. The van der Waals surface area contributed by atoms with Gasteiger partial charge in [0.2, 0.25) is 0 Å². The lowest BCUT2D eigenvalue weighted by molar-refractivity contribution is 0.0941. The SMILES string of the molecule is C[C@H](NC(=O)c1cc2c(s1)CCC2)c1nnc2n1CCCCC2. The number of nitrogens with one attached hydrogen (secondary N) is 1. The van der Waals surface area contributed by atoms with Crippen molar-refractivity contribution in [2.45, 2.75) is 64.5 Å². The minimum absolute atomic E-state index is 0.0165. The van der Waals surface area contributed by atoms with Crippen molar-refractivity contribution in [1.29, 1.82) is 0 Å². The van der Waals surface area contributed by atoms with Gasteiger partial charge >= 0.3 is 0 Å². The molecule has 5 nitrogen and oxygen atoms in total. The number of thiophene rings is 1. The molecule has 1 atom stereocenters. The van der Waals surface area contributed by atoms with Crippen molar-refractivity contribution in [2.75, 3.05) is 0 Å². The van der Waals surface area contributed by atoms with Crippen LogP contribution >= 0.6 is 11.3 Å². The van der Waals surface area contributed by atoms with Crippen molar-refractivity contribution in [2.24, 2.45) is 0 Å². The first kappa shape index (κ1) is 14.9. The Morgan fingerprint density at radius 3 is 3.00 bits per heavy atom. The van der Waals surface area contributed by atoms with E-state index in [1.807, 2.05) is 6.92 Å². The molecule has 3 heterocycles. The molecule has 122 valence electrons. The summed E-state index contributed by atoms with van der Waals surface area (Å²) in [6.45, 7) is 2.96. The summed E-state index contributed by atoms with van der Waals surface area (Å²) in [5.41, 5.74) is 1.36. The zero-order valence-electron chi connectivity index (χ0n) is 13.5. The lowest BCUT2D eigenvalue weighted by Gasteiger charge is -2.14. The number of carbonyl (C=O) groups excluding carboxylic acids is 1. The summed E-state index contributed by atoms with van der Waals surface area (Å²) in [6, 6.07) is 1.96. The van der Waals surface area contributed by atoms with Gasteiger partial charge in [-0.1, -0.05) is 6.42 Å². The van der Waals surface area contributed by atoms with Crippen LogP contribution in [0.5, 0.6) is 0 Å². The Bertz CT molecular complexity index is 712. The molecular weight excluding hydrogens is 308 g/mol. The Hall–Kier alpha value is -1.69. The highest BCUT2D eigenvalue weighted by Gasteiger charge is 2.23. The third-order valence-electron chi connectivity index (χ3n) is 4.84. The molecule has 1 aliphatic carbocycles. The largest absolute Gasteiger partial charge is 0.342 e. The monoisotopic (exact) mass is 330 g/mol. The van der Waals surface area contributed by atoms with Gasteiger partial charge in [0.1, 0.15) is 5.82 Å². The molecule has 2 aromatic heterocycles. The van der Waals surface area contributed by atoms with E-state index in [0.29, 0.717) is 0 Å². The molecule has 4 rings (SSSR count). The number of amides is 1. The smallest absolute Gasteiger partial charge is 0.261 e. The second kappa shape index (κ2) is 6.07. The maximum atomic E-state index is 12.5. The molecule has 1 amide bonds. The Labute approximate surface area is 140 Å². The Balaban J connectivity index is 1.50. The van der Waals surface area contributed by atoms with Crippen molar-refractivity contribution in [3.8, 4) is 0 Å². The van der Waals surface area contributed by atoms with E-state index in [-0.39, 0.29) is 11.9 Å². The van der Waals surface area contributed by atoms with Gasteiger partial charge in [0.05, 0.1) is 10.9 Å². The standard InChI is InChI=1S/C17H22N4OS/c1-11(16-20-19-15-8-3-2-4-9-21(15)16)18-17(22)14-10-12-6-5-7-13(12)23-14/h10-11H,2-9H2,1H3,(H,18,22)/t11-/m0/s1. The minimum atomic E-state index is -0.112. The molecule has 0 saturated heterocycles. The second-order valence-corrected chi connectivity index (χ2v) is 7.68. The molecule has 0 bridgehead atoms. The van der Waals surface area contributed by atoms with Gasteiger partial charge in [0.15, 0.2) is 5.82 Å². The van der Waals surface area contributed by atoms with E-state index in [0.717, 1.165) is 48.8 Å². The van der Waals surface area contributed by atoms with Crippen LogP contribution in [0, 0.1) is 0 Å². The van der Waals surface area contributed by atoms with Crippen LogP contribution in [0.4, 0.5) is 0 Å². The topological polar surface area (TPSA) is 59.8 Å². The number of rotatable bonds is 3. The number of hydrogen-bond acceptors (Lipinski definition) is 4. The number of aromatic nitrogens is 3. The first-order valence-corrected chi connectivity index (χ1v) is 9.38. The van der Waals surface area contributed by atoms with Crippen LogP contribution in [0.25, 0.3) is 0 Å². The fraction of sp³-hybridized carbons (Fsp3) is 0.588. The molecule has 0 spiro atoms. The van der Waals surface area contributed by atoms with Crippen LogP contribution in [-0.2, 0) is 25.8 Å². The van der Waals surface area contributed by atoms with Crippen LogP contribution in [-0.4, -0.2) is 20.7 Å². The van der Waals surface area contributed by atoms with Crippen molar-refractivity contribution in [1.82, 2.24) is 20.1 Å². The number of fused-ring (bicyclic) bond motifs is 2. The maximum absolute atomic E-state index is 12.5. The van der Waals surface area contributed by atoms with Crippen LogP contribution < -0.4 is 5.32 Å². The molecule has 6 heteroatoms. The molecule has 0 fully saturated rings. The Kier molecular flexibility index (Phi) is 3.93. The van der Waals surface area contributed by atoms with Crippen molar-refractivity contribution < 1.29 is 4.79 Å². The molecule has 2 aromatic rings. The molecule has 0 unspecified atom stereocenters. The van der Waals surface area contributed by atoms with E-state index in [4.69, 9.17) is 0 Å². The zero-order valence-corrected chi connectivity index (χ0v) is 14.3. The average Bonchev–Trinajstić information content (AvgIpc) is 3.18. The molecule has 1 aliphatic heterocycles. The highest BCUT2D eigenvalue weighted by Crippen LogP contribution is 2.30. The summed E-state index contributed by atoms with van der Waals surface area (Å²) in [6.07, 6.45) is 8.05. The second-order valence-electron chi connectivity index (χ2n) is 6.54. The quantitative estimate of drug-likeness (QED) is 0.941. The highest BCUT2D eigenvalue weighted by molar-refractivity contribution is 7.14. The van der Waals surface area contributed by atoms with E-state index in [1.54, 1.807) is 11.3 Å². The number of carbonyl (C=O) groups is 1. The van der Waals surface area contributed by atoms with Gasteiger partial charge in [0.25, 0.3) is 5.91 Å². The average molecular weight is 330 g/mol. The van der Waals surface area contributed by atoms with E-state index in [2.05, 4.69) is 26.1 Å². The molecule has 23 heavy (non-hydrogen) atoms. The fourth-order valence-electron chi connectivity index (χ4n) is 3.60. The minimum Gasteiger partial charge on any atom is -0.342 e. The van der Waals surface area contributed by atoms with Gasteiger partial charge < -0.3 is 9.88 Å². The van der Waals surface area contributed by atoms with E-state index in [9.17, 15) is 4.79 Å². The van der Waals surface area contributed by atoms with Gasteiger partial charge in [-0.3, -0.25) is 4.79 Å². The molecule has 2 aliphatic rings. The predicted molar refractivity (Wildman–Crippen MR) is 89.8 cm³/mol. The molecule has 0 radical (unpaired) electrons. The lowest BCUT2D eigenvalue weighted by atomic mass is 10.2. The normalized spacial score (nSPS) is 18.1. The summed E-state index contributed by atoms with van der Waals surface area (Å²) in [7, 11) is 0. The van der Waals surface area contributed by atoms with Crippen LogP contribution in [0.2, 0.25) is 0 Å². The van der Waals surface area contributed by atoms with Gasteiger partial charge in [-0.05, 0) is 50.7 Å². The highest BCUT2D eigenvalue weighted by atomic mass is 32.1. The van der Waals surface area contributed by atoms with Gasteiger partial charge in [-0.25, -0.2) is 0 Å². The predicted octanol–water partition coefficient (Wildman–Crippen LogP) is 3.05. The van der Waals surface area contributed by atoms with Crippen LogP contribution in [0.15, 0.2) is 6.07 Å². The molecular formula is C17H22N4OS. The van der Waals surface area contributed by atoms with Crippen LogP contribution in [0.1, 0.15) is 70.4 Å². The van der Waals surface area contributed by atoms with Gasteiger partial charge in [-0.2, -0.15) is 0 Å². The maximum Gasteiger partial charge on any atom is 0.261 e. The number of hydrogen-bond donors (Lipinski definition) is 1. The van der Waals surface area contributed by atoms with Gasteiger partial charge in [-0.15, -0.1) is 21.5 Å². The molecule has 0 aromatic carbocycles. The van der Waals surface area contributed by atoms with E-state index in [1.165, 1.54) is 29.7 Å². The third kappa shape index (κ3) is 2.80. The number of aryl methyl sites for hydroxylation is 3. The first-order valence-electron chi connectivity index (χ1n) is 8.57. The fourth-order valence-corrected chi connectivity index (χ4v) is 4.76. The Morgan fingerprint density at radius 2 is 2.13 bits per heavy atom. The van der Waals surface area contributed by atoms with E-state index < -0.39 is 0 Å². The van der Waals surface area contributed by atoms with Crippen molar-refractivity contribution >= 4 is 17.2 Å². The summed E-state index contributed by atoms with van der Waals surface area (Å²) < 4.78 is 2.20. The van der Waals surface area contributed by atoms with Gasteiger partial charge in [0, 0.05) is 17.8 Å². The third-order valence-corrected chi connectivity index (χ3v) is 6.08. The van der Waals surface area contributed by atoms with Crippen molar-refractivity contribution in [3.63, 3.8) is 0 Å². The molecule has 1 N–H and O–H groups in total. The van der Waals surface area contributed by atoms with E-state index >= 15 is 0 Å². The van der Waals surface area contributed by atoms with Crippen LogP contribution in [0.3, 0.4) is 0 Å². The summed E-state index contributed by atoms with van der Waals surface area (Å²) in [5, 5.41) is 11.8. The summed E-state index contributed by atoms with van der Waals surface area (Å²) >= 11 is 1.65. The number of nitrogens with zero attached hydrogens (tertiary/aromatic N) is 3. The first-order chi connectivity index (χ1) is 11.2. The summed E-state index contributed by atoms with van der Waals surface area (Å²) in [5.74, 6) is 1.97. The molecule has 0 saturated carbocycles. The van der Waals surface area contributed by atoms with Crippen molar-refractivity contribution in [3.05, 3.63) is 33.0 Å². The Morgan fingerprint density at radius 1 is 1.22 bits per heavy atom. The summed E-state index contributed by atoms with van der Waals surface area (Å²) in [4.78, 5) is 14.8.